The summed E-state index contributed by atoms with van der Waals surface area (Å²) in [4.78, 5) is 25.0. The molecule has 0 saturated carbocycles. The third kappa shape index (κ3) is 3.50. The first kappa shape index (κ1) is 17.1. The van der Waals surface area contributed by atoms with Crippen LogP contribution in [0.25, 0.3) is 0 Å². The van der Waals surface area contributed by atoms with Crippen LogP contribution in [0.2, 0.25) is 0 Å². The molecule has 0 aromatic carbocycles. The molecule has 1 atom stereocenters. The van der Waals surface area contributed by atoms with Crippen molar-refractivity contribution in [1.29, 1.82) is 0 Å². The Morgan fingerprint density at radius 3 is 3.04 bits per heavy atom. The lowest BCUT2D eigenvalue weighted by Crippen LogP contribution is -2.42. The number of carbonyl (C=O) groups is 1. The number of rotatable bonds is 6. The average Bonchev–Trinajstić information content (AvgIpc) is 3.13. The molecule has 24 heavy (non-hydrogen) atoms. The van der Waals surface area contributed by atoms with Crippen LogP contribution in [0.4, 0.5) is 0 Å². The van der Waals surface area contributed by atoms with Gasteiger partial charge in [-0.05, 0) is 6.92 Å². The third-order valence-electron chi connectivity index (χ3n) is 4.34. The van der Waals surface area contributed by atoms with E-state index in [-0.39, 0.29) is 11.8 Å². The summed E-state index contributed by atoms with van der Waals surface area (Å²) in [6.45, 7) is 5.30. The molecule has 7 nitrogen and oxygen atoms in total. The normalized spacial score (nSPS) is 17.7. The largest absolute Gasteiger partial charge is 0.383 e. The van der Waals surface area contributed by atoms with E-state index in [1.54, 1.807) is 24.8 Å². The number of methoxy groups -OCH3 is 1. The summed E-state index contributed by atoms with van der Waals surface area (Å²) in [6.07, 6.45) is 1.79. The molecule has 0 radical (unpaired) electrons. The van der Waals surface area contributed by atoms with Crippen molar-refractivity contribution in [3.8, 4) is 0 Å². The molecule has 1 amide bonds. The minimum absolute atomic E-state index is 0.0302. The Labute approximate surface area is 145 Å². The fourth-order valence-corrected chi connectivity index (χ4v) is 3.90. The number of imidazole rings is 1. The minimum Gasteiger partial charge on any atom is -0.383 e. The lowest BCUT2D eigenvalue weighted by Gasteiger charge is -2.32. The van der Waals surface area contributed by atoms with E-state index in [0.29, 0.717) is 19.7 Å². The van der Waals surface area contributed by atoms with Crippen LogP contribution in [-0.2, 0) is 29.7 Å². The Morgan fingerprint density at radius 1 is 1.50 bits per heavy atom. The Bertz CT molecular complexity index is 711. The molecule has 0 unspecified atom stereocenters. The number of nitrogens with one attached hydrogen (secondary N) is 1. The fraction of sp³-hybridized carbons (Fsp3) is 0.562. The molecular formula is C16H23N5O2S. The summed E-state index contributed by atoms with van der Waals surface area (Å²) < 4.78 is 6.98. The number of aromatic nitrogens is 3. The Hall–Kier alpha value is -1.77. The van der Waals surface area contributed by atoms with Gasteiger partial charge in [-0.3, -0.25) is 9.69 Å². The van der Waals surface area contributed by atoms with Crippen molar-refractivity contribution in [2.24, 2.45) is 7.05 Å². The fourth-order valence-electron chi connectivity index (χ4n) is 3.09. The molecule has 2 aromatic rings. The first-order chi connectivity index (χ1) is 11.6. The van der Waals surface area contributed by atoms with Crippen molar-refractivity contribution < 1.29 is 9.53 Å². The summed E-state index contributed by atoms with van der Waals surface area (Å²) in [5, 5.41) is 2.96. The van der Waals surface area contributed by atoms with Gasteiger partial charge in [-0.15, -0.1) is 11.3 Å². The van der Waals surface area contributed by atoms with Crippen LogP contribution in [-0.4, -0.2) is 52.1 Å². The smallest absolute Gasteiger partial charge is 0.230 e. The molecule has 2 aromatic heterocycles. The zero-order valence-electron chi connectivity index (χ0n) is 14.3. The van der Waals surface area contributed by atoms with E-state index in [4.69, 9.17) is 4.74 Å². The molecule has 0 saturated heterocycles. The molecule has 3 rings (SSSR count). The average molecular weight is 349 g/mol. The molecule has 1 aliphatic rings. The number of aryl methyl sites for hydroxylation is 2. The highest BCUT2D eigenvalue weighted by Crippen LogP contribution is 2.29. The molecule has 8 heteroatoms. The summed E-state index contributed by atoms with van der Waals surface area (Å²) in [5.74, 6) is -0.186. The Morgan fingerprint density at radius 2 is 2.33 bits per heavy atom. The van der Waals surface area contributed by atoms with Gasteiger partial charge in [0.15, 0.2) is 0 Å². The van der Waals surface area contributed by atoms with Crippen molar-refractivity contribution in [2.75, 3.05) is 26.8 Å². The third-order valence-corrected chi connectivity index (χ3v) is 5.26. The molecule has 3 heterocycles. The number of carbonyl (C=O) groups excluding carboxylic acids is 1. The van der Waals surface area contributed by atoms with Crippen LogP contribution in [0.3, 0.4) is 0 Å². The van der Waals surface area contributed by atoms with Gasteiger partial charge in [-0.25, -0.2) is 9.97 Å². The van der Waals surface area contributed by atoms with E-state index in [9.17, 15) is 4.79 Å². The topological polar surface area (TPSA) is 72.3 Å². The van der Waals surface area contributed by atoms with Gasteiger partial charge in [0.2, 0.25) is 5.91 Å². The lowest BCUT2D eigenvalue weighted by molar-refractivity contribution is -0.123. The minimum atomic E-state index is -0.216. The SMILES string of the molecule is COCCNC(=O)[C@@H]1CN(Cc2scnc2C)Cc2ncn(C)c21. The lowest BCUT2D eigenvalue weighted by atomic mass is 9.97. The van der Waals surface area contributed by atoms with Crippen LogP contribution in [0.1, 0.15) is 27.9 Å². The highest BCUT2D eigenvalue weighted by Gasteiger charge is 2.33. The predicted molar refractivity (Wildman–Crippen MR) is 91.8 cm³/mol. The molecule has 0 bridgehead atoms. The molecule has 1 N–H and O–H groups in total. The van der Waals surface area contributed by atoms with Gasteiger partial charge in [-0.2, -0.15) is 0 Å². The molecule has 0 aliphatic carbocycles. The van der Waals surface area contributed by atoms with E-state index in [1.165, 1.54) is 4.88 Å². The maximum atomic E-state index is 12.7. The standard InChI is InChI=1S/C16H23N5O2S/c1-11-14(24-10-19-11)8-21-6-12(16(22)17-4-5-23-3)15-13(7-21)18-9-20(15)2/h9-10,12H,4-8H2,1-3H3,(H,17,22)/t12-/m1/s1. The molecule has 1 aliphatic heterocycles. The van der Waals surface area contributed by atoms with E-state index < -0.39 is 0 Å². The van der Waals surface area contributed by atoms with Crippen molar-refractivity contribution in [3.05, 3.63) is 33.8 Å². The number of amides is 1. The Balaban J connectivity index is 1.77. The van der Waals surface area contributed by atoms with E-state index >= 15 is 0 Å². The molecule has 130 valence electrons. The highest BCUT2D eigenvalue weighted by atomic mass is 32.1. The summed E-state index contributed by atoms with van der Waals surface area (Å²) in [7, 11) is 3.58. The summed E-state index contributed by atoms with van der Waals surface area (Å²) >= 11 is 1.66. The predicted octanol–water partition coefficient (Wildman–Crippen LogP) is 1.05. The molecule has 0 spiro atoms. The van der Waals surface area contributed by atoms with Gasteiger partial charge in [0, 0.05) is 45.2 Å². The monoisotopic (exact) mass is 349 g/mol. The molecule has 0 fully saturated rings. The van der Waals surface area contributed by atoms with Crippen LogP contribution in [0.15, 0.2) is 11.8 Å². The quantitative estimate of drug-likeness (QED) is 0.789. The number of hydrogen-bond acceptors (Lipinski definition) is 6. The van der Waals surface area contributed by atoms with Crippen molar-refractivity contribution in [2.45, 2.75) is 25.9 Å². The van der Waals surface area contributed by atoms with Gasteiger partial charge >= 0.3 is 0 Å². The van der Waals surface area contributed by atoms with Crippen LogP contribution in [0, 0.1) is 6.92 Å². The van der Waals surface area contributed by atoms with Gasteiger partial charge in [0.05, 0.1) is 41.4 Å². The van der Waals surface area contributed by atoms with Crippen LogP contribution < -0.4 is 5.32 Å². The zero-order chi connectivity index (χ0) is 17.1. The second-order valence-corrected chi connectivity index (χ2v) is 6.99. The van der Waals surface area contributed by atoms with Crippen LogP contribution in [0.5, 0.6) is 0 Å². The summed E-state index contributed by atoms with van der Waals surface area (Å²) in [5.41, 5.74) is 4.93. The number of nitrogens with zero attached hydrogens (tertiary/aromatic N) is 4. The second kappa shape index (κ2) is 7.42. The van der Waals surface area contributed by atoms with Crippen molar-refractivity contribution in [1.82, 2.24) is 24.8 Å². The number of hydrogen-bond donors (Lipinski definition) is 1. The first-order valence-electron chi connectivity index (χ1n) is 7.98. The van der Waals surface area contributed by atoms with Gasteiger partial charge < -0.3 is 14.6 Å². The van der Waals surface area contributed by atoms with E-state index in [1.807, 2.05) is 24.0 Å². The Kier molecular flexibility index (Phi) is 5.27. The highest BCUT2D eigenvalue weighted by molar-refractivity contribution is 7.09. The number of ether oxygens (including phenoxy) is 1. The number of thiazole rings is 1. The van der Waals surface area contributed by atoms with Gasteiger partial charge in [0.25, 0.3) is 0 Å². The van der Waals surface area contributed by atoms with Gasteiger partial charge in [0.1, 0.15) is 0 Å². The van der Waals surface area contributed by atoms with E-state index in [2.05, 4.69) is 20.2 Å². The first-order valence-corrected chi connectivity index (χ1v) is 8.86. The van der Waals surface area contributed by atoms with Crippen molar-refractivity contribution >= 4 is 17.2 Å². The molecular weight excluding hydrogens is 326 g/mol. The zero-order valence-corrected chi connectivity index (χ0v) is 15.1. The maximum absolute atomic E-state index is 12.7. The van der Waals surface area contributed by atoms with Crippen molar-refractivity contribution in [3.63, 3.8) is 0 Å². The van der Waals surface area contributed by atoms with Gasteiger partial charge in [-0.1, -0.05) is 0 Å². The van der Waals surface area contributed by atoms with Crippen LogP contribution >= 0.6 is 11.3 Å². The van der Waals surface area contributed by atoms with E-state index in [0.717, 1.165) is 30.2 Å². The maximum Gasteiger partial charge on any atom is 0.230 e. The summed E-state index contributed by atoms with van der Waals surface area (Å²) in [6, 6.07) is 0. The second-order valence-electron chi connectivity index (χ2n) is 6.05. The number of fused-ring (bicyclic) bond motifs is 1.